The van der Waals surface area contributed by atoms with Crippen molar-refractivity contribution in [1.82, 2.24) is 9.78 Å². The van der Waals surface area contributed by atoms with Crippen LogP contribution in [-0.2, 0) is 6.42 Å². The Labute approximate surface area is 103 Å². The summed E-state index contributed by atoms with van der Waals surface area (Å²) in [5.41, 5.74) is 9.13. The Hall–Kier alpha value is -1.13. The second kappa shape index (κ2) is 4.80. The third-order valence-corrected chi connectivity index (χ3v) is 2.90. The monoisotopic (exact) mass is 279 g/mol. The highest BCUT2D eigenvalue weighted by atomic mass is 79.9. The van der Waals surface area contributed by atoms with Crippen LogP contribution in [0, 0.1) is 6.92 Å². The van der Waals surface area contributed by atoms with E-state index in [0.717, 1.165) is 16.6 Å². The minimum Gasteiger partial charge on any atom is -0.330 e. The third kappa shape index (κ3) is 2.33. The van der Waals surface area contributed by atoms with Gasteiger partial charge in [0, 0.05) is 6.20 Å². The van der Waals surface area contributed by atoms with Gasteiger partial charge < -0.3 is 5.73 Å². The Balaban J connectivity index is 2.36. The molecule has 2 aromatic rings. The summed E-state index contributed by atoms with van der Waals surface area (Å²) >= 11 is 3.39. The van der Waals surface area contributed by atoms with Gasteiger partial charge in [0.05, 0.1) is 16.4 Å². The molecule has 1 heterocycles. The first kappa shape index (κ1) is 11.4. The van der Waals surface area contributed by atoms with Crippen LogP contribution in [0.1, 0.15) is 11.1 Å². The van der Waals surface area contributed by atoms with Crippen molar-refractivity contribution in [2.24, 2.45) is 5.73 Å². The highest BCUT2D eigenvalue weighted by molar-refractivity contribution is 9.10. The van der Waals surface area contributed by atoms with Crippen LogP contribution in [0.25, 0.3) is 5.69 Å². The smallest absolute Gasteiger partial charge is 0.0675 e. The lowest BCUT2D eigenvalue weighted by molar-refractivity contribution is 0.869. The van der Waals surface area contributed by atoms with Gasteiger partial charge in [0.15, 0.2) is 0 Å². The molecule has 0 aliphatic rings. The Morgan fingerprint density at radius 2 is 2.25 bits per heavy atom. The lowest BCUT2D eigenvalue weighted by atomic mass is 10.1. The van der Waals surface area contributed by atoms with E-state index in [1.165, 1.54) is 11.1 Å². The third-order valence-electron chi connectivity index (χ3n) is 2.49. The lowest BCUT2D eigenvalue weighted by Gasteiger charge is -2.07. The molecule has 0 radical (unpaired) electrons. The molecule has 0 unspecified atom stereocenters. The van der Waals surface area contributed by atoms with E-state index in [1.807, 2.05) is 10.9 Å². The second-order valence-electron chi connectivity index (χ2n) is 3.76. The minimum absolute atomic E-state index is 0.687. The number of aromatic nitrogens is 2. The van der Waals surface area contributed by atoms with Gasteiger partial charge in [0.1, 0.15) is 0 Å². The van der Waals surface area contributed by atoms with E-state index in [0.29, 0.717) is 6.54 Å². The molecule has 0 saturated heterocycles. The zero-order valence-corrected chi connectivity index (χ0v) is 10.7. The average Bonchev–Trinajstić information content (AvgIpc) is 2.65. The standard InChI is InChI=1S/C12H14BrN3/c1-9-6-10(4-5-14)2-3-12(9)16-8-11(13)7-15-16/h2-3,6-8H,4-5,14H2,1H3. The number of nitrogens with two attached hydrogens (primary N) is 1. The first-order valence-electron chi connectivity index (χ1n) is 5.21. The summed E-state index contributed by atoms with van der Waals surface area (Å²) < 4.78 is 2.85. The first-order valence-corrected chi connectivity index (χ1v) is 6.00. The van der Waals surface area contributed by atoms with Crippen LogP contribution in [0.3, 0.4) is 0 Å². The molecule has 0 bridgehead atoms. The van der Waals surface area contributed by atoms with Crippen molar-refractivity contribution >= 4 is 15.9 Å². The number of benzene rings is 1. The fourth-order valence-corrected chi connectivity index (χ4v) is 2.01. The summed E-state index contributed by atoms with van der Waals surface area (Å²) in [5.74, 6) is 0. The molecule has 4 heteroatoms. The molecular formula is C12H14BrN3. The molecule has 0 amide bonds. The van der Waals surface area contributed by atoms with Gasteiger partial charge in [-0.25, -0.2) is 4.68 Å². The summed E-state index contributed by atoms with van der Waals surface area (Å²) in [5, 5.41) is 4.27. The van der Waals surface area contributed by atoms with Crippen molar-refractivity contribution in [3.63, 3.8) is 0 Å². The Kier molecular flexibility index (Phi) is 3.41. The fourth-order valence-electron chi connectivity index (χ4n) is 1.73. The Bertz CT molecular complexity index is 491. The van der Waals surface area contributed by atoms with Gasteiger partial charge >= 0.3 is 0 Å². The molecule has 1 aromatic heterocycles. The molecule has 0 aliphatic heterocycles. The van der Waals surface area contributed by atoms with Gasteiger partial charge in [0.2, 0.25) is 0 Å². The van der Waals surface area contributed by atoms with E-state index in [-0.39, 0.29) is 0 Å². The molecule has 0 spiro atoms. The maximum Gasteiger partial charge on any atom is 0.0675 e. The second-order valence-corrected chi connectivity index (χ2v) is 4.68. The number of halogens is 1. The van der Waals surface area contributed by atoms with Gasteiger partial charge in [-0.2, -0.15) is 5.10 Å². The predicted molar refractivity (Wildman–Crippen MR) is 68.8 cm³/mol. The van der Waals surface area contributed by atoms with Crippen molar-refractivity contribution in [3.8, 4) is 5.69 Å². The van der Waals surface area contributed by atoms with Crippen LogP contribution in [-0.4, -0.2) is 16.3 Å². The molecule has 2 N–H and O–H groups in total. The molecule has 0 fully saturated rings. The van der Waals surface area contributed by atoms with Crippen LogP contribution in [0.2, 0.25) is 0 Å². The van der Waals surface area contributed by atoms with E-state index in [1.54, 1.807) is 6.20 Å². The van der Waals surface area contributed by atoms with E-state index >= 15 is 0 Å². The summed E-state index contributed by atoms with van der Waals surface area (Å²) in [6.07, 6.45) is 4.65. The van der Waals surface area contributed by atoms with E-state index < -0.39 is 0 Å². The van der Waals surface area contributed by atoms with E-state index in [4.69, 9.17) is 5.73 Å². The fraction of sp³-hybridized carbons (Fsp3) is 0.250. The van der Waals surface area contributed by atoms with Crippen molar-refractivity contribution in [3.05, 3.63) is 46.2 Å². The van der Waals surface area contributed by atoms with Crippen LogP contribution in [0.4, 0.5) is 0 Å². The summed E-state index contributed by atoms with van der Waals surface area (Å²) in [4.78, 5) is 0. The summed E-state index contributed by atoms with van der Waals surface area (Å²) in [6, 6.07) is 6.35. The number of hydrogen-bond acceptors (Lipinski definition) is 2. The Morgan fingerprint density at radius 1 is 1.44 bits per heavy atom. The van der Waals surface area contributed by atoms with Crippen LogP contribution in [0.15, 0.2) is 35.1 Å². The first-order chi connectivity index (χ1) is 7.70. The maximum absolute atomic E-state index is 5.54. The SMILES string of the molecule is Cc1cc(CCN)ccc1-n1cc(Br)cn1. The normalized spacial score (nSPS) is 10.7. The van der Waals surface area contributed by atoms with E-state index in [9.17, 15) is 0 Å². The number of aryl methyl sites for hydroxylation is 1. The lowest BCUT2D eigenvalue weighted by Crippen LogP contribution is -2.04. The molecule has 1 aromatic carbocycles. The average molecular weight is 280 g/mol. The Morgan fingerprint density at radius 3 is 2.81 bits per heavy atom. The van der Waals surface area contributed by atoms with Crippen molar-refractivity contribution in [1.29, 1.82) is 0 Å². The van der Waals surface area contributed by atoms with E-state index in [2.05, 4.69) is 46.2 Å². The largest absolute Gasteiger partial charge is 0.330 e. The van der Waals surface area contributed by atoms with Gasteiger partial charge in [-0.3, -0.25) is 0 Å². The summed E-state index contributed by atoms with van der Waals surface area (Å²) in [6.45, 7) is 2.77. The van der Waals surface area contributed by atoms with Gasteiger partial charge in [-0.1, -0.05) is 12.1 Å². The highest BCUT2D eigenvalue weighted by Crippen LogP contribution is 2.17. The van der Waals surface area contributed by atoms with Gasteiger partial charge in [-0.05, 0) is 53.0 Å². The molecule has 0 saturated carbocycles. The number of nitrogens with zero attached hydrogens (tertiary/aromatic N) is 2. The number of hydrogen-bond donors (Lipinski definition) is 1. The zero-order chi connectivity index (χ0) is 11.5. The molecule has 16 heavy (non-hydrogen) atoms. The molecule has 0 atom stereocenters. The van der Waals surface area contributed by atoms with Crippen molar-refractivity contribution in [2.75, 3.05) is 6.54 Å². The maximum atomic E-state index is 5.54. The molecule has 3 nitrogen and oxygen atoms in total. The summed E-state index contributed by atoms with van der Waals surface area (Å²) in [7, 11) is 0. The van der Waals surface area contributed by atoms with Crippen molar-refractivity contribution < 1.29 is 0 Å². The molecular weight excluding hydrogens is 266 g/mol. The van der Waals surface area contributed by atoms with Crippen LogP contribution < -0.4 is 5.73 Å². The molecule has 2 rings (SSSR count). The van der Waals surface area contributed by atoms with Gasteiger partial charge in [0.25, 0.3) is 0 Å². The number of rotatable bonds is 3. The topological polar surface area (TPSA) is 43.8 Å². The zero-order valence-electron chi connectivity index (χ0n) is 9.15. The van der Waals surface area contributed by atoms with Crippen LogP contribution >= 0.6 is 15.9 Å². The molecule has 0 aliphatic carbocycles. The quantitative estimate of drug-likeness (QED) is 0.938. The van der Waals surface area contributed by atoms with Crippen molar-refractivity contribution in [2.45, 2.75) is 13.3 Å². The predicted octanol–water partition coefficient (Wildman–Crippen LogP) is 2.44. The molecule has 84 valence electrons. The van der Waals surface area contributed by atoms with Gasteiger partial charge in [-0.15, -0.1) is 0 Å². The minimum atomic E-state index is 0.687. The van der Waals surface area contributed by atoms with Crippen LogP contribution in [0.5, 0.6) is 0 Å². The highest BCUT2D eigenvalue weighted by Gasteiger charge is 2.03.